The molecule has 0 aliphatic carbocycles. The van der Waals surface area contributed by atoms with Crippen molar-refractivity contribution in [3.05, 3.63) is 46.4 Å². The first-order chi connectivity index (χ1) is 9.03. The van der Waals surface area contributed by atoms with Crippen molar-refractivity contribution in [1.82, 2.24) is 9.71 Å². The molecule has 19 heavy (non-hydrogen) atoms. The quantitative estimate of drug-likeness (QED) is 0.923. The van der Waals surface area contributed by atoms with Gasteiger partial charge in [0, 0.05) is 11.1 Å². The number of aromatic nitrogens is 1. The molecule has 1 unspecified atom stereocenters. The lowest BCUT2D eigenvalue weighted by Crippen LogP contribution is -2.26. The number of nitrogens with one attached hydrogen (secondary N) is 1. The van der Waals surface area contributed by atoms with Gasteiger partial charge in [-0.05, 0) is 25.5 Å². The van der Waals surface area contributed by atoms with E-state index in [-0.39, 0.29) is 10.9 Å². The molecule has 1 atom stereocenters. The number of nitrogens with zero attached hydrogens (tertiary/aromatic N) is 1. The second kappa shape index (κ2) is 5.81. The third kappa shape index (κ3) is 3.40. The Morgan fingerprint density at radius 3 is 2.58 bits per heavy atom. The highest BCUT2D eigenvalue weighted by Gasteiger charge is 2.19. The molecule has 0 fully saturated rings. The second-order valence-corrected chi connectivity index (χ2v) is 7.04. The average Bonchev–Trinajstić information content (AvgIpc) is 2.88. The Labute approximate surface area is 117 Å². The Balaban J connectivity index is 2.16. The minimum absolute atomic E-state index is 0.272. The van der Waals surface area contributed by atoms with Gasteiger partial charge in [-0.1, -0.05) is 25.1 Å². The average molecular weight is 296 g/mol. The summed E-state index contributed by atoms with van der Waals surface area (Å²) in [6, 6.07) is 8.03. The molecule has 0 radical (unpaired) electrons. The first-order valence-electron chi connectivity index (χ1n) is 6.05. The van der Waals surface area contributed by atoms with Gasteiger partial charge >= 0.3 is 0 Å². The summed E-state index contributed by atoms with van der Waals surface area (Å²) < 4.78 is 27.0. The van der Waals surface area contributed by atoms with Crippen LogP contribution in [0.4, 0.5) is 0 Å². The van der Waals surface area contributed by atoms with Crippen molar-refractivity contribution in [2.45, 2.75) is 31.2 Å². The van der Waals surface area contributed by atoms with Gasteiger partial charge in [0.25, 0.3) is 0 Å². The molecule has 0 aliphatic rings. The third-order valence-electron chi connectivity index (χ3n) is 2.68. The van der Waals surface area contributed by atoms with Gasteiger partial charge in [0.15, 0.2) is 0 Å². The Morgan fingerprint density at radius 1 is 1.32 bits per heavy atom. The number of hydrogen-bond donors (Lipinski definition) is 1. The van der Waals surface area contributed by atoms with E-state index in [1.807, 2.05) is 0 Å². The number of aryl methyl sites for hydroxylation is 1. The first kappa shape index (κ1) is 14.2. The van der Waals surface area contributed by atoms with Crippen LogP contribution in [0.5, 0.6) is 0 Å². The van der Waals surface area contributed by atoms with E-state index in [0.717, 1.165) is 16.3 Å². The van der Waals surface area contributed by atoms with Crippen LogP contribution in [0.25, 0.3) is 0 Å². The molecular formula is C13H16N2O2S2. The number of rotatable bonds is 5. The highest BCUT2D eigenvalue weighted by atomic mass is 32.2. The van der Waals surface area contributed by atoms with Crippen molar-refractivity contribution < 1.29 is 8.42 Å². The summed E-state index contributed by atoms with van der Waals surface area (Å²) in [6.07, 6.45) is 2.71. The Bertz CT molecular complexity index is 636. The minimum Gasteiger partial charge on any atom is -0.248 e. The molecule has 4 nitrogen and oxygen atoms in total. The van der Waals surface area contributed by atoms with Crippen molar-refractivity contribution in [1.29, 1.82) is 0 Å². The summed E-state index contributed by atoms with van der Waals surface area (Å²) in [7, 11) is -3.49. The largest absolute Gasteiger partial charge is 0.248 e. The molecule has 0 saturated carbocycles. The van der Waals surface area contributed by atoms with Gasteiger partial charge in [-0.2, -0.15) is 0 Å². The molecule has 6 heteroatoms. The summed E-state index contributed by atoms with van der Waals surface area (Å²) in [4.78, 5) is 5.68. The molecule has 0 bridgehead atoms. The summed E-state index contributed by atoms with van der Waals surface area (Å²) in [5.41, 5.74) is 0. The van der Waals surface area contributed by atoms with Crippen LogP contribution in [0.3, 0.4) is 0 Å². The molecule has 1 aromatic carbocycles. The summed E-state index contributed by atoms with van der Waals surface area (Å²) >= 11 is 1.54. The minimum atomic E-state index is -3.49. The zero-order valence-corrected chi connectivity index (χ0v) is 12.5. The Hall–Kier alpha value is -1.24. The first-order valence-corrected chi connectivity index (χ1v) is 8.35. The molecular weight excluding hydrogens is 280 g/mol. The standard InChI is InChI=1S/C13H16N2O2S2/c1-3-11-9-14-13(18-11)10(2)15-19(16,17)12-7-5-4-6-8-12/h4-10,15H,3H2,1-2H3. The zero-order valence-electron chi connectivity index (χ0n) is 10.8. The molecule has 1 N–H and O–H groups in total. The number of sulfonamides is 1. The SMILES string of the molecule is CCc1cnc(C(C)NS(=O)(=O)c2ccccc2)s1. The third-order valence-corrected chi connectivity index (χ3v) is 5.56. The van der Waals surface area contributed by atoms with Gasteiger partial charge in [-0.25, -0.2) is 18.1 Å². The molecule has 1 aromatic heterocycles. The van der Waals surface area contributed by atoms with E-state index in [1.165, 1.54) is 11.3 Å². The molecule has 102 valence electrons. The van der Waals surface area contributed by atoms with Crippen LogP contribution in [0, 0.1) is 0 Å². The normalized spacial score (nSPS) is 13.4. The van der Waals surface area contributed by atoms with Crippen molar-refractivity contribution in [3.63, 3.8) is 0 Å². The molecule has 2 aromatic rings. The monoisotopic (exact) mass is 296 g/mol. The lowest BCUT2D eigenvalue weighted by molar-refractivity contribution is 0.566. The van der Waals surface area contributed by atoms with Gasteiger partial charge in [0.2, 0.25) is 10.0 Å². The molecule has 0 amide bonds. The van der Waals surface area contributed by atoms with Gasteiger partial charge in [-0.3, -0.25) is 0 Å². The van der Waals surface area contributed by atoms with E-state index >= 15 is 0 Å². The van der Waals surface area contributed by atoms with Crippen molar-refractivity contribution in [2.75, 3.05) is 0 Å². The molecule has 0 aliphatic heterocycles. The zero-order chi connectivity index (χ0) is 13.9. The van der Waals surface area contributed by atoms with Crippen molar-refractivity contribution in [2.24, 2.45) is 0 Å². The maximum absolute atomic E-state index is 12.2. The van der Waals surface area contributed by atoms with Gasteiger partial charge in [0.1, 0.15) is 5.01 Å². The fraction of sp³-hybridized carbons (Fsp3) is 0.308. The second-order valence-electron chi connectivity index (χ2n) is 4.17. The Kier molecular flexibility index (Phi) is 4.34. The van der Waals surface area contributed by atoms with Crippen LogP contribution in [-0.2, 0) is 16.4 Å². The van der Waals surface area contributed by atoms with E-state index in [9.17, 15) is 8.42 Å². The fourth-order valence-corrected chi connectivity index (χ4v) is 3.80. The number of thiazole rings is 1. The van der Waals surface area contributed by atoms with Crippen LogP contribution in [0.2, 0.25) is 0 Å². The van der Waals surface area contributed by atoms with Gasteiger partial charge < -0.3 is 0 Å². The van der Waals surface area contributed by atoms with Gasteiger partial charge in [-0.15, -0.1) is 11.3 Å². The van der Waals surface area contributed by atoms with E-state index < -0.39 is 10.0 Å². The molecule has 0 spiro atoms. The van der Waals surface area contributed by atoms with E-state index in [2.05, 4.69) is 16.6 Å². The molecule has 2 rings (SSSR count). The number of hydrogen-bond acceptors (Lipinski definition) is 4. The maximum atomic E-state index is 12.2. The summed E-state index contributed by atoms with van der Waals surface area (Å²) in [6.45, 7) is 3.86. The molecule has 1 heterocycles. The van der Waals surface area contributed by atoms with E-state index in [4.69, 9.17) is 0 Å². The number of benzene rings is 1. The smallest absolute Gasteiger partial charge is 0.241 e. The predicted molar refractivity (Wildman–Crippen MR) is 76.7 cm³/mol. The summed E-state index contributed by atoms with van der Waals surface area (Å²) in [5, 5.41) is 0.788. The van der Waals surface area contributed by atoms with E-state index in [1.54, 1.807) is 43.5 Å². The van der Waals surface area contributed by atoms with Crippen LogP contribution < -0.4 is 4.72 Å². The predicted octanol–water partition coefficient (Wildman–Crippen LogP) is 2.75. The highest BCUT2D eigenvalue weighted by molar-refractivity contribution is 7.89. The lowest BCUT2D eigenvalue weighted by Gasteiger charge is -2.11. The van der Waals surface area contributed by atoms with Crippen LogP contribution in [-0.4, -0.2) is 13.4 Å². The van der Waals surface area contributed by atoms with Crippen LogP contribution in [0.1, 0.15) is 29.8 Å². The van der Waals surface area contributed by atoms with Crippen LogP contribution >= 0.6 is 11.3 Å². The van der Waals surface area contributed by atoms with Crippen LogP contribution in [0.15, 0.2) is 41.4 Å². The molecule has 0 saturated heterocycles. The maximum Gasteiger partial charge on any atom is 0.241 e. The van der Waals surface area contributed by atoms with Crippen molar-refractivity contribution in [3.8, 4) is 0 Å². The summed E-state index contributed by atoms with van der Waals surface area (Å²) in [5.74, 6) is 0. The lowest BCUT2D eigenvalue weighted by atomic mass is 10.4. The van der Waals surface area contributed by atoms with Crippen molar-refractivity contribution >= 4 is 21.4 Å². The van der Waals surface area contributed by atoms with E-state index in [0.29, 0.717) is 0 Å². The highest BCUT2D eigenvalue weighted by Crippen LogP contribution is 2.22. The topological polar surface area (TPSA) is 59.1 Å². The fourth-order valence-electron chi connectivity index (χ4n) is 1.64. The van der Waals surface area contributed by atoms with Gasteiger partial charge in [0.05, 0.1) is 10.9 Å². The Morgan fingerprint density at radius 2 is 2.00 bits per heavy atom.